The maximum atomic E-state index is 12.8. The quantitative estimate of drug-likeness (QED) is 0.448. The molecule has 0 aliphatic rings. The van der Waals surface area contributed by atoms with E-state index in [0.717, 1.165) is 18.2 Å². The zero-order valence-corrected chi connectivity index (χ0v) is 9.39. The molecule has 0 radical (unpaired) electrons. The third-order valence-corrected chi connectivity index (χ3v) is 2.49. The molecule has 76 valence electrons. The molecule has 3 heteroatoms. The van der Waals surface area contributed by atoms with Crippen molar-refractivity contribution in [1.82, 2.24) is 0 Å². The van der Waals surface area contributed by atoms with E-state index in [1.54, 1.807) is 12.1 Å². The molecule has 0 spiro atoms. The Morgan fingerprint density at radius 3 is 2.79 bits per heavy atom. The first-order chi connectivity index (χ1) is 6.74. The van der Waals surface area contributed by atoms with E-state index in [0.29, 0.717) is 12.0 Å². The molecule has 0 N–H and O–H groups in total. The highest BCUT2D eigenvalue weighted by molar-refractivity contribution is 9.09. The van der Waals surface area contributed by atoms with Crippen molar-refractivity contribution < 1.29 is 9.18 Å². The lowest BCUT2D eigenvalue weighted by Gasteiger charge is -1.99. The Balaban J connectivity index is 2.52. The lowest BCUT2D eigenvalue weighted by atomic mass is 10.1. The van der Waals surface area contributed by atoms with Crippen LogP contribution < -0.4 is 0 Å². The monoisotopic (exact) mass is 258 g/mol. The minimum Gasteiger partial charge on any atom is -0.294 e. The number of benzene rings is 1. The number of ketones is 1. The van der Waals surface area contributed by atoms with Crippen LogP contribution in [0.25, 0.3) is 0 Å². The molecule has 0 aliphatic carbocycles. The lowest BCUT2D eigenvalue weighted by molar-refractivity contribution is 0.0979. The van der Waals surface area contributed by atoms with Crippen LogP contribution in [-0.2, 0) is 0 Å². The SMILES string of the molecule is O=C(CCCCBr)c1cccc(F)c1. The van der Waals surface area contributed by atoms with Gasteiger partial charge in [0.1, 0.15) is 5.82 Å². The van der Waals surface area contributed by atoms with Crippen molar-refractivity contribution in [3.05, 3.63) is 35.6 Å². The standard InChI is InChI=1S/C11H12BrFO/c12-7-2-1-6-11(14)9-4-3-5-10(13)8-9/h3-5,8H,1-2,6-7H2. The van der Waals surface area contributed by atoms with Crippen molar-refractivity contribution in [3.8, 4) is 0 Å². The van der Waals surface area contributed by atoms with Gasteiger partial charge < -0.3 is 0 Å². The highest BCUT2D eigenvalue weighted by Crippen LogP contribution is 2.09. The molecule has 1 nitrogen and oxygen atoms in total. The van der Waals surface area contributed by atoms with E-state index in [9.17, 15) is 9.18 Å². The molecule has 0 aromatic heterocycles. The van der Waals surface area contributed by atoms with E-state index >= 15 is 0 Å². The summed E-state index contributed by atoms with van der Waals surface area (Å²) in [4.78, 5) is 11.5. The summed E-state index contributed by atoms with van der Waals surface area (Å²) >= 11 is 3.30. The largest absolute Gasteiger partial charge is 0.294 e. The molecule has 14 heavy (non-hydrogen) atoms. The summed E-state index contributed by atoms with van der Waals surface area (Å²) in [5.41, 5.74) is 0.472. The number of Topliss-reactive ketones (excluding diaryl/α,β-unsaturated/α-hetero) is 1. The molecular weight excluding hydrogens is 247 g/mol. The van der Waals surface area contributed by atoms with Crippen molar-refractivity contribution in [1.29, 1.82) is 0 Å². The van der Waals surface area contributed by atoms with Crippen LogP contribution in [-0.4, -0.2) is 11.1 Å². The second kappa shape index (κ2) is 5.91. The van der Waals surface area contributed by atoms with Gasteiger partial charge in [0, 0.05) is 17.3 Å². The predicted molar refractivity (Wildman–Crippen MR) is 58.4 cm³/mol. The van der Waals surface area contributed by atoms with Crippen LogP contribution >= 0.6 is 15.9 Å². The Morgan fingerprint density at radius 1 is 1.36 bits per heavy atom. The number of unbranched alkanes of at least 4 members (excludes halogenated alkanes) is 1. The maximum absolute atomic E-state index is 12.8. The normalized spacial score (nSPS) is 10.1. The van der Waals surface area contributed by atoms with Gasteiger partial charge >= 0.3 is 0 Å². The minimum absolute atomic E-state index is 0.0189. The number of halogens is 2. The van der Waals surface area contributed by atoms with Crippen molar-refractivity contribution in [3.63, 3.8) is 0 Å². The Labute approximate surface area is 91.5 Å². The fourth-order valence-electron chi connectivity index (χ4n) is 1.19. The highest BCUT2D eigenvalue weighted by atomic mass is 79.9. The van der Waals surface area contributed by atoms with Gasteiger partial charge in [-0.1, -0.05) is 28.1 Å². The number of carbonyl (C=O) groups is 1. The summed E-state index contributed by atoms with van der Waals surface area (Å²) in [5, 5.41) is 0.906. The van der Waals surface area contributed by atoms with Gasteiger partial charge in [0.15, 0.2) is 5.78 Å². The third-order valence-electron chi connectivity index (χ3n) is 1.93. The van der Waals surface area contributed by atoms with Gasteiger partial charge in [-0.3, -0.25) is 4.79 Å². The first-order valence-electron chi connectivity index (χ1n) is 4.59. The van der Waals surface area contributed by atoms with Crippen molar-refractivity contribution in [2.45, 2.75) is 19.3 Å². The van der Waals surface area contributed by atoms with Gasteiger partial charge in [-0.25, -0.2) is 4.39 Å². The van der Waals surface area contributed by atoms with Crippen LogP contribution in [0, 0.1) is 5.82 Å². The average molecular weight is 259 g/mol. The molecule has 0 saturated carbocycles. The number of hydrogen-bond donors (Lipinski definition) is 0. The van der Waals surface area contributed by atoms with E-state index in [1.807, 2.05) is 0 Å². The van der Waals surface area contributed by atoms with Crippen LogP contribution in [0.2, 0.25) is 0 Å². The Bertz CT molecular complexity index is 312. The second-order valence-corrected chi connectivity index (χ2v) is 3.87. The lowest BCUT2D eigenvalue weighted by Crippen LogP contribution is -1.99. The molecular formula is C11H12BrFO. The number of hydrogen-bond acceptors (Lipinski definition) is 1. The first-order valence-corrected chi connectivity index (χ1v) is 5.71. The Kier molecular flexibility index (Phi) is 4.80. The molecule has 0 saturated heterocycles. The molecule has 1 aromatic carbocycles. The van der Waals surface area contributed by atoms with Gasteiger partial charge in [-0.2, -0.15) is 0 Å². The number of alkyl halides is 1. The summed E-state index contributed by atoms with van der Waals surface area (Å²) in [6, 6.07) is 5.85. The maximum Gasteiger partial charge on any atom is 0.162 e. The molecule has 1 aromatic rings. The predicted octanol–water partition coefficient (Wildman–Crippen LogP) is 3.57. The summed E-state index contributed by atoms with van der Waals surface area (Å²) in [6.07, 6.45) is 2.32. The second-order valence-electron chi connectivity index (χ2n) is 3.08. The number of rotatable bonds is 5. The highest BCUT2D eigenvalue weighted by Gasteiger charge is 2.05. The van der Waals surface area contributed by atoms with E-state index in [1.165, 1.54) is 12.1 Å². The Morgan fingerprint density at radius 2 is 2.14 bits per heavy atom. The smallest absolute Gasteiger partial charge is 0.162 e. The molecule has 0 atom stereocenters. The first kappa shape index (κ1) is 11.4. The summed E-state index contributed by atoms with van der Waals surface area (Å²) in [5.74, 6) is -0.332. The number of carbonyl (C=O) groups excluding carboxylic acids is 1. The van der Waals surface area contributed by atoms with Gasteiger partial charge in [0.2, 0.25) is 0 Å². The van der Waals surface area contributed by atoms with Crippen LogP contribution in [0.1, 0.15) is 29.6 Å². The molecule has 0 heterocycles. The van der Waals surface area contributed by atoms with E-state index in [2.05, 4.69) is 15.9 Å². The molecule has 0 amide bonds. The van der Waals surface area contributed by atoms with Gasteiger partial charge in [-0.15, -0.1) is 0 Å². The van der Waals surface area contributed by atoms with Crippen molar-refractivity contribution in [2.24, 2.45) is 0 Å². The van der Waals surface area contributed by atoms with Crippen molar-refractivity contribution >= 4 is 21.7 Å². The van der Waals surface area contributed by atoms with Gasteiger partial charge in [0.25, 0.3) is 0 Å². The topological polar surface area (TPSA) is 17.1 Å². The zero-order chi connectivity index (χ0) is 10.4. The van der Waals surface area contributed by atoms with E-state index in [4.69, 9.17) is 0 Å². The molecule has 0 fully saturated rings. The fraction of sp³-hybridized carbons (Fsp3) is 0.364. The summed E-state index contributed by atoms with van der Waals surface area (Å²) in [6.45, 7) is 0. The third kappa shape index (κ3) is 3.58. The molecule has 0 bridgehead atoms. The van der Waals surface area contributed by atoms with Crippen LogP contribution in [0.15, 0.2) is 24.3 Å². The van der Waals surface area contributed by atoms with E-state index in [-0.39, 0.29) is 11.6 Å². The molecule has 0 aliphatic heterocycles. The van der Waals surface area contributed by atoms with Gasteiger partial charge in [0.05, 0.1) is 0 Å². The summed E-state index contributed by atoms with van der Waals surface area (Å²) in [7, 11) is 0. The van der Waals surface area contributed by atoms with Crippen LogP contribution in [0.3, 0.4) is 0 Å². The zero-order valence-electron chi connectivity index (χ0n) is 7.80. The Hall–Kier alpha value is -0.700. The van der Waals surface area contributed by atoms with Gasteiger partial charge in [-0.05, 0) is 25.0 Å². The minimum atomic E-state index is -0.351. The molecule has 1 rings (SSSR count). The van der Waals surface area contributed by atoms with Crippen LogP contribution in [0.5, 0.6) is 0 Å². The van der Waals surface area contributed by atoms with Crippen LogP contribution in [0.4, 0.5) is 4.39 Å². The summed E-state index contributed by atoms with van der Waals surface area (Å²) < 4.78 is 12.8. The molecule has 0 unspecified atom stereocenters. The average Bonchev–Trinajstić information content (AvgIpc) is 2.18. The fourth-order valence-corrected chi connectivity index (χ4v) is 1.58. The van der Waals surface area contributed by atoms with Crippen molar-refractivity contribution in [2.75, 3.05) is 5.33 Å². The van der Waals surface area contributed by atoms with E-state index < -0.39 is 0 Å².